The molecular formula is C27H41FO. The Bertz CT molecular complexity index is 669. The Morgan fingerprint density at radius 2 is 1.66 bits per heavy atom. The van der Waals surface area contributed by atoms with Crippen molar-refractivity contribution in [2.45, 2.75) is 96.8 Å². The summed E-state index contributed by atoms with van der Waals surface area (Å²) < 4.78 is 19.9. The van der Waals surface area contributed by atoms with Gasteiger partial charge in [-0.25, -0.2) is 4.39 Å². The van der Waals surface area contributed by atoms with Crippen LogP contribution in [0.3, 0.4) is 0 Å². The van der Waals surface area contributed by atoms with Gasteiger partial charge in [0.15, 0.2) is 0 Å². The molecule has 3 aliphatic rings. The summed E-state index contributed by atoms with van der Waals surface area (Å²) in [5.41, 5.74) is 2.18. The standard InChI is InChI=1S/C27H41FO/c1-3-4-5-6-7-19-8-9-21-15-22(11-10-20(21)14-19)23-12-13-24-16-25(29-2)18-27(28)26(24)17-23/h16,18-23H,3-15,17H2,1-2H3. The van der Waals surface area contributed by atoms with Gasteiger partial charge in [0.1, 0.15) is 11.6 Å². The maximum absolute atomic E-state index is 14.6. The Kier molecular flexibility index (Phi) is 7.19. The molecule has 162 valence electrons. The SMILES string of the molecule is CCCCCCC1CCC2CC(C3CCc4cc(OC)cc(F)c4C3)CCC2C1. The van der Waals surface area contributed by atoms with E-state index in [0.717, 1.165) is 42.1 Å². The molecule has 4 rings (SSSR count). The van der Waals surface area contributed by atoms with Gasteiger partial charge in [0.25, 0.3) is 0 Å². The van der Waals surface area contributed by atoms with E-state index in [-0.39, 0.29) is 5.82 Å². The van der Waals surface area contributed by atoms with E-state index in [4.69, 9.17) is 4.74 Å². The van der Waals surface area contributed by atoms with Crippen LogP contribution in [0.1, 0.15) is 95.1 Å². The lowest BCUT2D eigenvalue weighted by Gasteiger charge is -2.45. The van der Waals surface area contributed by atoms with Crippen LogP contribution in [0.5, 0.6) is 5.75 Å². The van der Waals surface area contributed by atoms with Crippen molar-refractivity contribution in [3.8, 4) is 5.75 Å². The summed E-state index contributed by atoms with van der Waals surface area (Å²) in [5.74, 6) is 5.11. The number of halogens is 1. The van der Waals surface area contributed by atoms with Crippen molar-refractivity contribution in [2.24, 2.45) is 29.6 Å². The lowest BCUT2D eigenvalue weighted by molar-refractivity contribution is 0.0687. The summed E-state index contributed by atoms with van der Waals surface area (Å²) in [5, 5.41) is 0. The van der Waals surface area contributed by atoms with E-state index in [1.165, 1.54) is 82.6 Å². The molecule has 3 aliphatic carbocycles. The van der Waals surface area contributed by atoms with Crippen molar-refractivity contribution in [2.75, 3.05) is 7.11 Å². The summed E-state index contributed by atoms with van der Waals surface area (Å²) >= 11 is 0. The van der Waals surface area contributed by atoms with E-state index in [0.29, 0.717) is 11.7 Å². The van der Waals surface area contributed by atoms with Gasteiger partial charge in [-0.05, 0) is 98.1 Å². The third-order valence-corrected chi connectivity index (χ3v) is 8.64. The molecule has 0 bridgehead atoms. The molecule has 2 fully saturated rings. The zero-order valence-corrected chi connectivity index (χ0v) is 18.7. The second-order valence-electron chi connectivity index (χ2n) is 10.4. The van der Waals surface area contributed by atoms with E-state index >= 15 is 0 Å². The minimum Gasteiger partial charge on any atom is -0.497 e. The van der Waals surface area contributed by atoms with Gasteiger partial charge >= 0.3 is 0 Å². The number of aryl methyl sites for hydroxylation is 1. The first kappa shape index (κ1) is 21.2. The molecule has 5 atom stereocenters. The van der Waals surface area contributed by atoms with Gasteiger partial charge in [-0.3, -0.25) is 0 Å². The predicted octanol–water partition coefficient (Wildman–Crippen LogP) is 7.74. The monoisotopic (exact) mass is 400 g/mol. The van der Waals surface area contributed by atoms with E-state index in [2.05, 4.69) is 13.0 Å². The average molecular weight is 401 g/mol. The van der Waals surface area contributed by atoms with Gasteiger partial charge in [-0.1, -0.05) is 45.4 Å². The van der Waals surface area contributed by atoms with Gasteiger partial charge < -0.3 is 4.74 Å². The Hall–Kier alpha value is -1.05. The number of hydrogen-bond acceptors (Lipinski definition) is 1. The molecule has 0 amide bonds. The summed E-state index contributed by atoms with van der Waals surface area (Å²) in [4.78, 5) is 0. The average Bonchev–Trinajstić information content (AvgIpc) is 2.76. The number of ether oxygens (including phenoxy) is 1. The Morgan fingerprint density at radius 1 is 0.897 bits per heavy atom. The fraction of sp³-hybridized carbons (Fsp3) is 0.778. The van der Waals surface area contributed by atoms with Crippen LogP contribution in [-0.4, -0.2) is 7.11 Å². The first-order chi connectivity index (χ1) is 14.2. The highest BCUT2D eigenvalue weighted by Gasteiger charge is 2.38. The highest BCUT2D eigenvalue weighted by Crippen LogP contribution is 2.49. The number of methoxy groups -OCH3 is 1. The fourth-order valence-corrected chi connectivity index (χ4v) is 6.92. The predicted molar refractivity (Wildman–Crippen MR) is 119 cm³/mol. The van der Waals surface area contributed by atoms with Crippen LogP contribution in [0.4, 0.5) is 4.39 Å². The van der Waals surface area contributed by atoms with Crippen molar-refractivity contribution in [3.05, 3.63) is 29.1 Å². The molecule has 0 saturated heterocycles. The largest absolute Gasteiger partial charge is 0.497 e. The minimum absolute atomic E-state index is 0.0404. The van der Waals surface area contributed by atoms with Crippen LogP contribution in [0.15, 0.2) is 12.1 Å². The van der Waals surface area contributed by atoms with E-state index < -0.39 is 0 Å². The van der Waals surface area contributed by atoms with Gasteiger partial charge in [-0.2, -0.15) is 0 Å². The third kappa shape index (κ3) is 5.00. The molecule has 5 unspecified atom stereocenters. The first-order valence-corrected chi connectivity index (χ1v) is 12.5. The number of fused-ring (bicyclic) bond motifs is 2. The molecule has 2 saturated carbocycles. The lowest BCUT2D eigenvalue weighted by atomic mass is 9.61. The maximum atomic E-state index is 14.6. The topological polar surface area (TPSA) is 9.23 Å². The Labute approximate surface area is 177 Å². The van der Waals surface area contributed by atoms with E-state index in [1.54, 1.807) is 13.2 Å². The quantitative estimate of drug-likeness (QED) is 0.425. The molecule has 29 heavy (non-hydrogen) atoms. The molecule has 2 heteroatoms. The number of hydrogen-bond donors (Lipinski definition) is 0. The van der Waals surface area contributed by atoms with Gasteiger partial charge in [-0.15, -0.1) is 0 Å². The van der Waals surface area contributed by atoms with Crippen LogP contribution in [-0.2, 0) is 12.8 Å². The van der Waals surface area contributed by atoms with Gasteiger partial charge in [0, 0.05) is 6.07 Å². The van der Waals surface area contributed by atoms with Crippen molar-refractivity contribution in [3.63, 3.8) is 0 Å². The number of rotatable bonds is 7. The molecule has 1 nitrogen and oxygen atoms in total. The molecule has 0 heterocycles. The van der Waals surface area contributed by atoms with Gasteiger partial charge in [0.05, 0.1) is 7.11 Å². The number of benzene rings is 1. The normalized spacial score (nSPS) is 31.8. The van der Waals surface area contributed by atoms with Crippen molar-refractivity contribution >= 4 is 0 Å². The smallest absolute Gasteiger partial charge is 0.130 e. The molecular weight excluding hydrogens is 359 g/mol. The zero-order valence-electron chi connectivity index (χ0n) is 18.7. The van der Waals surface area contributed by atoms with E-state index in [9.17, 15) is 4.39 Å². The highest BCUT2D eigenvalue weighted by molar-refractivity contribution is 5.38. The van der Waals surface area contributed by atoms with Gasteiger partial charge in [0.2, 0.25) is 0 Å². The Morgan fingerprint density at radius 3 is 2.45 bits per heavy atom. The molecule has 0 N–H and O–H groups in total. The fourth-order valence-electron chi connectivity index (χ4n) is 6.92. The summed E-state index contributed by atoms with van der Waals surface area (Å²) in [6.07, 6.45) is 19.1. The second-order valence-corrected chi connectivity index (χ2v) is 10.4. The highest BCUT2D eigenvalue weighted by atomic mass is 19.1. The first-order valence-electron chi connectivity index (χ1n) is 12.5. The lowest BCUT2D eigenvalue weighted by Crippen LogP contribution is -2.35. The molecule has 0 aliphatic heterocycles. The summed E-state index contributed by atoms with van der Waals surface area (Å²) in [6.45, 7) is 2.31. The minimum atomic E-state index is -0.0404. The van der Waals surface area contributed by atoms with Crippen LogP contribution in [0, 0.1) is 35.4 Å². The van der Waals surface area contributed by atoms with Crippen molar-refractivity contribution < 1.29 is 9.13 Å². The molecule has 0 radical (unpaired) electrons. The molecule has 0 aromatic heterocycles. The molecule has 0 spiro atoms. The molecule has 1 aromatic carbocycles. The van der Waals surface area contributed by atoms with Crippen LogP contribution in [0.2, 0.25) is 0 Å². The van der Waals surface area contributed by atoms with Crippen molar-refractivity contribution in [1.82, 2.24) is 0 Å². The van der Waals surface area contributed by atoms with Crippen LogP contribution >= 0.6 is 0 Å². The summed E-state index contributed by atoms with van der Waals surface area (Å²) in [7, 11) is 1.63. The second kappa shape index (κ2) is 9.84. The van der Waals surface area contributed by atoms with Crippen LogP contribution < -0.4 is 4.74 Å². The number of unbranched alkanes of at least 4 members (excludes halogenated alkanes) is 3. The maximum Gasteiger partial charge on any atom is 0.130 e. The Balaban J connectivity index is 1.30. The van der Waals surface area contributed by atoms with Crippen molar-refractivity contribution in [1.29, 1.82) is 0 Å². The van der Waals surface area contributed by atoms with Crippen LogP contribution in [0.25, 0.3) is 0 Å². The molecule has 1 aromatic rings. The zero-order chi connectivity index (χ0) is 20.2. The third-order valence-electron chi connectivity index (χ3n) is 8.64. The van der Waals surface area contributed by atoms with E-state index in [1.807, 2.05) is 0 Å². The summed E-state index contributed by atoms with van der Waals surface area (Å²) in [6, 6.07) is 3.65.